The van der Waals surface area contributed by atoms with E-state index in [1.54, 1.807) is 0 Å². The van der Waals surface area contributed by atoms with Crippen molar-refractivity contribution < 1.29 is 16.5 Å². The second-order valence-corrected chi connectivity index (χ2v) is 3.71. The van der Waals surface area contributed by atoms with E-state index in [0.717, 1.165) is 52.4 Å². The Kier molecular flexibility index (Phi) is 26.4. The van der Waals surface area contributed by atoms with Crippen LogP contribution in [0.25, 0.3) is 0 Å². The summed E-state index contributed by atoms with van der Waals surface area (Å²) in [5, 5.41) is 13.7. The summed E-state index contributed by atoms with van der Waals surface area (Å²) in [6, 6.07) is 0. The van der Waals surface area contributed by atoms with E-state index in [2.05, 4.69) is 21.3 Å². The molecule has 0 aliphatic carbocycles. The van der Waals surface area contributed by atoms with Gasteiger partial charge in [0, 0.05) is 42.7 Å². The van der Waals surface area contributed by atoms with Crippen LogP contribution in [-0.2, 0) is 43.5 Å². The van der Waals surface area contributed by atoms with Crippen molar-refractivity contribution in [2.24, 2.45) is 0 Å². The maximum atomic E-state index is 3.42. The van der Waals surface area contributed by atoms with Crippen molar-refractivity contribution in [3.8, 4) is 0 Å². The molecule has 1 aliphatic rings. The van der Waals surface area contributed by atoms with Gasteiger partial charge in [0.2, 0.25) is 0 Å². The topological polar surface area (TPSA) is 48.1 Å². The number of hydrogen-bond acceptors (Lipinski definition) is 6. The molecule has 17 heavy (non-hydrogen) atoms. The van der Waals surface area contributed by atoms with Gasteiger partial charge in [0.25, 0.3) is 0 Å². The molecule has 0 aromatic heterocycles. The van der Waals surface area contributed by atoms with Crippen LogP contribution in [0.15, 0.2) is 0 Å². The minimum Gasteiger partial charge on any atom is -0.813 e. The van der Waals surface area contributed by atoms with Crippen LogP contribution in [-0.4, -0.2) is 52.4 Å². The Morgan fingerprint density at radius 1 is 0.412 bits per heavy atom. The first-order valence-corrected chi connectivity index (χ1v) is 5.83. The second kappa shape index (κ2) is 19.4. The number of hydrogen-bond donors (Lipinski definition) is 4. The maximum Gasteiger partial charge on any atom is 0.00767 e. The van der Waals surface area contributed by atoms with Gasteiger partial charge in [-0.2, -0.15) is 0 Å². The predicted molar refractivity (Wildman–Crippen MR) is 78.2 cm³/mol. The van der Waals surface area contributed by atoms with Crippen LogP contribution in [0.1, 0.15) is 12.8 Å². The number of rotatable bonds is 0. The Morgan fingerprint density at radius 2 is 0.647 bits per heavy atom. The molecule has 110 valence electrons. The fourth-order valence-corrected chi connectivity index (χ4v) is 1.53. The first kappa shape index (κ1) is 23.2. The quantitative estimate of drug-likeness (QED) is 0.250. The molecule has 1 rings (SSSR count). The summed E-state index contributed by atoms with van der Waals surface area (Å²) in [7, 11) is 0. The average Bonchev–Trinajstić information content (AvgIpc) is 2.22. The molecule has 0 radical (unpaired) electrons. The van der Waals surface area contributed by atoms with E-state index >= 15 is 0 Å². The summed E-state index contributed by atoms with van der Waals surface area (Å²) in [5.74, 6) is 0. The second-order valence-electron chi connectivity index (χ2n) is 3.71. The third-order valence-corrected chi connectivity index (χ3v) is 2.37. The molecular weight excluding hydrogens is 299 g/mol. The van der Waals surface area contributed by atoms with E-state index in [0.29, 0.717) is 0 Å². The first-order valence-electron chi connectivity index (χ1n) is 5.83. The molecule has 4 N–H and O–H groups in total. The van der Waals surface area contributed by atoms with E-state index in [1.807, 2.05) is 0 Å². The zero-order chi connectivity index (χ0) is 9.90. The summed E-state index contributed by atoms with van der Waals surface area (Å²) < 4.78 is 0. The summed E-state index contributed by atoms with van der Waals surface area (Å²) >= 11 is 0. The van der Waals surface area contributed by atoms with Gasteiger partial charge >= 0.3 is 0 Å². The zero-order valence-electron chi connectivity index (χ0n) is 10.3. The minimum atomic E-state index is 0. The number of thiol groups is 2. The molecule has 0 aromatic carbocycles. The molecule has 1 fully saturated rings. The molecule has 0 amide bonds. The largest absolute Gasteiger partial charge is 0.813 e. The molecule has 1 saturated heterocycles. The Bertz CT molecular complexity index is 79.6. The Hall–Kier alpha value is 1.03. The predicted octanol–water partition coefficient (Wildman–Crippen LogP) is -1.40. The Morgan fingerprint density at radius 3 is 0.882 bits per heavy atom. The molecule has 0 spiro atoms. The van der Waals surface area contributed by atoms with Gasteiger partial charge in [-0.05, 0) is 39.0 Å². The molecule has 7 heteroatoms. The average molecular weight is 325 g/mol. The van der Waals surface area contributed by atoms with Crippen molar-refractivity contribution >= 4 is 27.0 Å². The normalized spacial score (nSPS) is 19.8. The van der Waals surface area contributed by atoms with Gasteiger partial charge in [-0.3, -0.25) is 0 Å². The standard InChI is InChI=1S/C10H24N4.Ni.2H2S/c1-3-11-7-9-13-5-2-6-14-10-8-12-4-1;;;/h11-14H,1-10H2;;2*1H2/p-2. The van der Waals surface area contributed by atoms with Crippen LogP contribution >= 0.6 is 0 Å². The SMILES string of the molecule is C1CNCCNCCCNCCNC1.[Ni].[SH-].[SH-]. The van der Waals surface area contributed by atoms with E-state index in [4.69, 9.17) is 0 Å². The van der Waals surface area contributed by atoms with Gasteiger partial charge in [0.1, 0.15) is 0 Å². The van der Waals surface area contributed by atoms with Crippen molar-refractivity contribution in [3.05, 3.63) is 0 Å². The molecule has 0 bridgehead atoms. The monoisotopic (exact) mass is 324 g/mol. The molecular formula is C10H26N4NiS2-2. The maximum absolute atomic E-state index is 3.42. The van der Waals surface area contributed by atoms with Gasteiger partial charge in [-0.25, -0.2) is 0 Å². The van der Waals surface area contributed by atoms with E-state index in [1.165, 1.54) is 12.8 Å². The van der Waals surface area contributed by atoms with Crippen molar-refractivity contribution in [3.63, 3.8) is 0 Å². The van der Waals surface area contributed by atoms with Crippen molar-refractivity contribution in [1.29, 1.82) is 0 Å². The molecule has 0 aromatic rings. The van der Waals surface area contributed by atoms with Crippen LogP contribution in [0, 0.1) is 0 Å². The Labute approximate surface area is 130 Å². The van der Waals surface area contributed by atoms with Gasteiger partial charge < -0.3 is 48.3 Å². The third-order valence-electron chi connectivity index (χ3n) is 2.37. The van der Waals surface area contributed by atoms with Crippen LogP contribution < -0.4 is 21.3 Å². The number of nitrogens with one attached hydrogen (secondary N) is 4. The van der Waals surface area contributed by atoms with E-state index in [9.17, 15) is 0 Å². The van der Waals surface area contributed by atoms with Gasteiger partial charge in [0.05, 0.1) is 0 Å². The van der Waals surface area contributed by atoms with Crippen LogP contribution in [0.2, 0.25) is 0 Å². The van der Waals surface area contributed by atoms with Gasteiger partial charge in [0.15, 0.2) is 0 Å². The zero-order valence-corrected chi connectivity index (χ0v) is 13.1. The van der Waals surface area contributed by atoms with E-state index < -0.39 is 0 Å². The van der Waals surface area contributed by atoms with Crippen LogP contribution in [0.3, 0.4) is 0 Å². The molecule has 1 heterocycles. The van der Waals surface area contributed by atoms with Crippen LogP contribution in [0.5, 0.6) is 0 Å². The van der Waals surface area contributed by atoms with Crippen LogP contribution in [0.4, 0.5) is 0 Å². The minimum absolute atomic E-state index is 0. The summed E-state index contributed by atoms with van der Waals surface area (Å²) in [5.41, 5.74) is 0. The molecule has 4 nitrogen and oxygen atoms in total. The molecule has 0 saturated carbocycles. The molecule has 1 aliphatic heterocycles. The fraction of sp³-hybridized carbons (Fsp3) is 1.00. The van der Waals surface area contributed by atoms with Crippen molar-refractivity contribution in [2.45, 2.75) is 12.8 Å². The summed E-state index contributed by atoms with van der Waals surface area (Å²) in [6.07, 6.45) is 2.44. The van der Waals surface area contributed by atoms with E-state index in [-0.39, 0.29) is 43.5 Å². The smallest absolute Gasteiger partial charge is 0.00767 e. The molecule has 0 atom stereocenters. The van der Waals surface area contributed by atoms with Gasteiger partial charge in [-0.15, -0.1) is 0 Å². The van der Waals surface area contributed by atoms with Crippen molar-refractivity contribution in [2.75, 3.05) is 52.4 Å². The van der Waals surface area contributed by atoms with Crippen molar-refractivity contribution in [1.82, 2.24) is 21.3 Å². The third kappa shape index (κ3) is 17.0. The Balaban J connectivity index is -0.000000653. The first-order chi connectivity index (χ1) is 7.00. The summed E-state index contributed by atoms with van der Waals surface area (Å²) in [6.45, 7) is 8.87. The fourth-order valence-electron chi connectivity index (χ4n) is 1.53. The van der Waals surface area contributed by atoms with Gasteiger partial charge in [-0.1, -0.05) is 0 Å². The summed E-state index contributed by atoms with van der Waals surface area (Å²) in [4.78, 5) is 0. The molecule has 0 unspecified atom stereocenters.